The Kier molecular flexibility index (Phi) is 6.41. The van der Waals surface area contributed by atoms with Crippen molar-refractivity contribution in [3.63, 3.8) is 0 Å². The van der Waals surface area contributed by atoms with Crippen molar-refractivity contribution in [3.05, 3.63) is 89.4 Å². The van der Waals surface area contributed by atoms with Crippen LogP contribution in [0, 0.1) is 13.8 Å². The molecule has 4 rings (SSSR count). The van der Waals surface area contributed by atoms with Gasteiger partial charge in [-0.3, -0.25) is 9.52 Å². The van der Waals surface area contributed by atoms with Gasteiger partial charge in [0.1, 0.15) is 0 Å². The van der Waals surface area contributed by atoms with Crippen molar-refractivity contribution >= 4 is 27.3 Å². The van der Waals surface area contributed by atoms with Crippen LogP contribution in [-0.4, -0.2) is 35.5 Å². The predicted molar refractivity (Wildman–Crippen MR) is 127 cm³/mol. The van der Waals surface area contributed by atoms with E-state index < -0.39 is 10.0 Å². The van der Waals surface area contributed by atoms with E-state index in [0.717, 1.165) is 35.3 Å². The molecule has 4 aromatic rings. The maximum absolute atomic E-state index is 12.5. The zero-order chi connectivity index (χ0) is 23.4. The summed E-state index contributed by atoms with van der Waals surface area (Å²) in [5, 5.41) is 7.25. The maximum atomic E-state index is 12.5. The quantitative estimate of drug-likeness (QED) is 0.389. The average molecular weight is 464 g/mol. The van der Waals surface area contributed by atoms with Crippen molar-refractivity contribution in [2.75, 3.05) is 11.3 Å². The number of nitrogens with one attached hydrogen (secondary N) is 2. The SMILES string of the molecule is Cc1cccc(S(=O)(=O)Nc2ccc(C(=O)NCCCc3cnc4cc(C)nn4c3)cc2)c1. The van der Waals surface area contributed by atoms with Crippen LogP contribution in [0.4, 0.5) is 5.69 Å². The van der Waals surface area contributed by atoms with Crippen molar-refractivity contribution in [1.82, 2.24) is 19.9 Å². The van der Waals surface area contributed by atoms with Crippen molar-refractivity contribution in [1.29, 1.82) is 0 Å². The number of benzene rings is 2. The van der Waals surface area contributed by atoms with Crippen LogP contribution >= 0.6 is 0 Å². The Labute approximate surface area is 192 Å². The number of hydrogen-bond acceptors (Lipinski definition) is 5. The van der Waals surface area contributed by atoms with Gasteiger partial charge in [-0.2, -0.15) is 5.10 Å². The van der Waals surface area contributed by atoms with Gasteiger partial charge >= 0.3 is 0 Å². The van der Waals surface area contributed by atoms with E-state index in [1.165, 1.54) is 0 Å². The zero-order valence-electron chi connectivity index (χ0n) is 18.4. The second kappa shape index (κ2) is 9.41. The molecule has 9 heteroatoms. The summed E-state index contributed by atoms with van der Waals surface area (Å²) < 4.78 is 29.4. The number of amides is 1. The summed E-state index contributed by atoms with van der Waals surface area (Å²) in [6.45, 7) is 4.27. The zero-order valence-corrected chi connectivity index (χ0v) is 19.3. The molecule has 2 aromatic heterocycles. The second-order valence-electron chi connectivity index (χ2n) is 7.91. The highest BCUT2D eigenvalue weighted by Crippen LogP contribution is 2.17. The predicted octanol–water partition coefficient (Wildman–Crippen LogP) is 3.51. The lowest BCUT2D eigenvalue weighted by atomic mass is 10.1. The Bertz CT molecular complexity index is 1400. The Morgan fingerprint density at radius 2 is 1.85 bits per heavy atom. The van der Waals surface area contributed by atoms with Gasteiger partial charge in [-0.15, -0.1) is 0 Å². The summed E-state index contributed by atoms with van der Waals surface area (Å²) in [4.78, 5) is 17.0. The first-order chi connectivity index (χ1) is 15.8. The molecule has 0 saturated carbocycles. The molecule has 0 atom stereocenters. The normalized spacial score (nSPS) is 11.5. The smallest absolute Gasteiger partial charge is 0.261 e. The fraction of sp³-hybridized carbons (Fsp3) is 0.208. The van der Waals surface area contributed by atoms with Crippen LogP contribution < -0.4 is 10.0 Å². The minimum atomic E-state index is -3.69. The van der Waals surface area contributed by atoms with Crippen LogP contribution in [0.25, 0.3) is 5.65 Å². The molecule has 33 heavy (non-hydrogen) atoms. The summed E-state index contributed by atoms with van der Waals surface area (Å²) in [6.07, 6.45) is 5.30. The molecule has 0 fully saturated rings. The van der Waals surface area contributed by atoms with Crippen LogP contribution in [-0.2, 0) is 16.4 Å². The monoisotopic (exact) mass is 463 g/mol. The molecule has 2 aromatic carbocycles. The first-order valence-corrected chi connectivity index (χ1v) is 12.1. The second-order valence-corrected chi connectivity index (χ2v) is 9.59. The molecule has 0 aliphatic rings. The lowest BCUT2D eigenvalue weighted by Crippen LogP contribution is -2.24. The lowest BCUT2D eigenvalue weighted by molar-refractivity contribution is 0.0953. The molecule has 0 aliphatic heterocycles. The average Bonchev–Trinajstić information content (AvgIpc) is 3.16. The highest BCUT2D eigenvalue weighted by atomic mass is 32.2. The largest absolute Gasteiger partial charge is 0.352 e. The van der Waals surface area contributed by atoms with Gasteiger partial charge in [0.05, 0.1) is 10.6 Å². The third kappa shape index (κ3) is 5.56. The van der Waals surface area contributed by atoms with Gasteiger partial charge in [-0.25, -0.2) is 17.9 Å². The number of carbonyl (C=O) groups excluding carboxylic acids is 1. The molecule has 1 amide bonds. The Morgan fingerprint density at radius 3 is 2.61 bits per heavy atom. The van der Waals surface area contributed by atoms with E-state index in [2.05, 4.69) is 20.1 Å². The molecule has 8 nitrogen and oxygen atoms in total. The molecule has 0 aliphatic carbocycles. The first-order valence-electron chi connectivity index (χ1n) is 10.6. The molecule has 0 spiro atoms. The molecule has 0 radical (unpaired) electrons. The highest BCUT2D eigenvalue weighted by molar-refractivity contribution is 7.92. The van der Waals surface area contributed by atoms with E-state index >= 15 is 0 Å². The Balaban J connectivity index is 1.29. The summed E-state index contributed by atoms with van der Waals surface area (Å²) in [7, 11) is -3.69. The van der Waals surface area contributed by atoms with Crippen LogP contribution in [0.15, 0.2) is 71.9 Å². The van der Waals surface area contributed by atoms with Gasteiger partial charge < -0.3 is 5.32 Å². The highest BCUT2D eigenvalue weighted by Gasteiger charge is 2.14. The molecular weight excluding hydrogens is 438 g/mol. The number of anilines is 1. The lowest BCUT2D eigenvalue weighted by Gasteiger charge is -2.10. The molecule has 0 bridgehead atoms. The summed E-state index contributed by atoms with van der Waals surface area (Å²) in [5.74, 6) is -0.209. The summed E-state index contributed by atoms with van der Waals surface area (Å²) in [6, 6.07) is 15.0. The fourth-order valence-electron chi connectivity index (χ4n) is 3.45. The van der Waals surface area contributed by atoms with Crippen LogP contribution in [0.1, 0.15) is 33.6 Å². The van der Waals surface area contributed by atoms with Crippen molar-refractivity contribution < 1.29 is 13.2 Å². The fourth-order valence-corrected chi connectivity index (χ4v) is 4.61. The van der Waals surface area contributed by atoms with Gasteiger partial charge in [0.2, 0.25) is 0 Å². The van der Waals surface area contributed by atoms with Gasteiger partial charge in [0.25, 0.3) is 15.9 Å². The molecule has 0 unspecified atom stereocenters. The van der Waals surface area contributed by atoms with Gasteiger partial charge in [0, 0.05) is 36.3 Å². The maximum Gasteiger partial charge on any atom is 0.261 e. The van der Waals surface area contributed by atoms with Gasteiger partial charge in [-0.05, 0) is 74.2 Å². The first kappa shape index (κ1) is 22.5. The molecule has 2 heterocycles. The third-order valence-corrected chi connectivity index (χ3v) is 6.49. The summed E-state index contributed by atoms with van der Waals surface area (Å²) >= 11 is 0. The van der Waals surface area contributed by atoms with Crippen LogP contribution in [0.3, 0.4) is 0 Å². The number of hydrogen-bond donors (Lipinski definition) is 2. The van der Waals surface area contributed by atoms with E-state index in [-0.39, 0.29) is 10.8 Å². The van der Waals surface area contributed by atoms with Crippen molar-refractivity contribution in [3.8, 4) is 0 Å². The summed E-state index contributed by atoms with van der Waals surface area (Å²) in [5.41, 5.74) is 4.49. The topological polar surface area (TPSA) is 105 Å². The molecule has 2 N–H and O–H groups in total. The van der Waals surface area contributed by atoms with E-state index in [9.17, 15) is 13.2 Å². The molecule has 0 saturated heterocycles. The van der Waals surface area contributed by atoms with E-state index in [0.29, 0.717) is 17.8 Å². The standard InChI is InChI=1S/C24H25N5O3S/c1-17-5-3-7-22(13-17)33(31,32)28-21-10-8-20(9-11-21)24(30)25-12-4-6-19-15-26-23-14-18(2)27-29(23)16-19/h3,5,7-11,13-16,28H,4,6,12H2,1-2H3,(H,25,30). The Hall–Kier alpha value is -3.72. The van der Waals surface area contributed by atoms with Crippen molar-refractivity contribution in [2.24, 2.45) is 0 Å². The van der Waals surface area contributed by atoms with Crippen LogP contribution in [0.2, 0.25) is 0 Å². The van der Waals surface area contributed by atoms with Crippen molar-refractivity contribution in [2.45, 2.75) is 31.6 Å². The number of aryl methyl sites for hydroxylation is 3. The molecular formula is C24H25N5O3S. The minimum Gasteiger partial charge on any atom is -0.352 e. The van der Waals surface area contributed by atoms with E-state index in [1.54, 1.807) is 47.0 Å². The van der Waals surface area contributed by atoms with E-state index in [1.807, 2.05) is 38.4 Å². The van der Waals surface area contributed by atoms with Gasteiger partial charge in [-0.1, -0.05) is 12.1 Å². The molecule has 170 valence electrons. The number of nitrogens with zero attached hydrogens (tertiary/aromatic N) is 3. The number of fused-ring (bicyclic) bond motifs is 1. The third-order valence-electron chi connectivity index (χ3n) is 5.12. The minimum absolute atomic E-state index is 0.196. The number of aromatic nitrogens is 3. The number of sulfonamides is 1. The van der Waals surface area contributed by atoms with Gasteiger partial charge in [0.15, 0.2) is 5.65 Å². The number of rotatable bonds is 8. The number of carbonyl (C=O) groups is 1. The van der Waals surface area contributed by atoms with Crippen LogP contribution in [0.5, 0.6) is 0 Å². The van der Waals surface area contributed by atoms with E-state index in [4.69, 9.17) is 0 Å². The Morgan fingerprint density at radius 1 is 1.06 bits per heavy atom.